The van der Waals surface area contributed by atoms with Gasteiger partial charge in [-0.2, -0.15) is 5.10 Å². The molecule has 1 aliphatic heterocycles. The van der Waals surface area contributed by atoms with E-state index >= 15 is 0 Å². The summed E-state index contributed by atoms with van der Waals surface area (Å²) in [4.78, 5) is 14.4. The van der Waals surface area contributed by atoms with Crippen molar-refractivity contribution in [2.24, 2.45) is 7.05 Å². The molecule has 1 N–H and O–H groups in total. The number of rotatable bonds is 6. The Morgan fingerprint density at radius 3 is 2.70 bits per heavy atom. The summed E-state index contributed by atoms with van der Waals surface area (Å²) < 4.78 is 29.2. The fourth-order valence-electron chi connectivity index (χ4n) is 3.84. The Balaban J connectivity index is 1.63. The summed E-state index contributed by atoms with van der Waals surface area (Å²) in [7, 11) is -1.55. The monoisotopic (exact) mass is 427 g/mol. The lowest BCUT2D eigenvalue weighted by Gasteiger charge is -2.22. The molecule has 1 aliphatic rings. The van der Waals surface area contributed by atoms with Crippen molar-refractivity contribution in [3.63, 3.8) is 0 Å². The third-order valence-corrected chi connectivity index (χ3v) is 6.01. The van der Waals surface area contributed by atoms with Crippen molar-refractivity contribution >= 4 is 15.7 Å². The Labute approximate surface area is 175 Å². The average Bonchev–Trinajstić information content (AvgIpc) is 3.33. The summed E-state index contributed by atoms with van der Waals surface area (Å²) in [5.74, 6) is 0. The molecule has 1 atom stereocenters. The quantitative estimate of drug-likeness (QED) is 0.643. The van der Waals surface area contributed by atoms with E-state index in [0.29, 0.717) is 26.1 Å². The summed E-state index contributed by atoms with van der Waals surface area (Å²) in [6, 6.07) is 11.5. The third kappa shape index (κ3) is 4.63. The van der Waals surface area contributed by atoms with E-state index in [9.17, 15) is 13.2 Å². The standard InChI is InChI=1S/C21H25N5O3S/c1-24-15-19(17-11-22-26(13-17)12-16-6-4-3-5-7-16)20(10-21(24)27)25-9-8-18(14-25)23-30(2,28)29/h3-7,10-11,13,15,18,23H,8-9,12,14H2,1-2H3. The molecule has 9 heteroatoms. The molecule has 1 unspecified atom stereocenters. The minimum Gasteiger partial charge on any atom is -0.369 e. The maximum absolute atomic E-state index is 12.3. The molecule has 0 radical (unpaired) electrons. The van der Waals surface area contributed by atoms with E-state index in [2.05, 4.69) is 26.9 Å². The van der Waals surface area contributed by atoms with Gasteiger partial charge in [-0.25, -0.2) is 13.1 Å². The highest BCUT2D eigenvalue weighted by molar-refractivity contribution is 7.88. The van der Waals surface area contributed by atoms with Crippen molar-refractivity contribution in [2.45, 2.75) is 19.0 Å². The van der Waals surface area contributed by atoms with Crippen LogP contribution in [0.1, 0.15) is 12.0 Å². The predicted octanol–water partition coefficient (Wildman–Crippen LogP) is 1.43. The zero-order valence-electron chi connectivity index (χ0n) is 17.0. The highest BCUT2D eigenvalue weighted by Crippen LogP contribution is 2.31. The SMILES string of the molecule is Cn1cc(-c2cnn(Cc3ccccc3)c2)c(N2CCC(NS(C)(=O)=O)C2)cc1=O. The topological polar surface area (TPSA) is 89.2 Å². The summed E-state index contributed by atoms with van der Waals surface area (Å²) >= 11 is 0. The smallest absolute Gasteiger partial charge is 0.252 e. The van der Waals surface area contributed by atoms with Gasteiger partial charge in [-0.1, -0.05) is 30.3 Å². The zero-order chi connectivity index (χ0) is 21.3. The van der Waals surface area contributed by atoms with Crippen molar-refractivity contribution in [2.75, 3.05) is 24.2 Å². The number of hydrogen-bond donors (Lipinski definition) is 1. The number of nitrogens with zero attached hydrogens (tertiary/aromatic N) is 4. The van der Waals surface area contributed by atoms with Crippen LogP contribution in [-0.2, 0) is 23.6 Å². The van der Waals surface area contributed by atoms with Gasteiger partial charge in [0, 0.05) is 55.8 Å². The molecule has 0 amide bonds. The van der Waals surface area contributed by atoms with Crippen LogP contribution in [0, 0.1) is 0 Å². The summed E-state index contributed by atoms with van der Waals surface area (Å²) in [5, 5.41) is 4.49. The molecule has 0 aliphatic carbocycles. The molecule has 3 aromatic rings. The second-order valence-corrected chi connectivity index (χ2v) is 9.54. The Hall–Kier alpha value is -2.91. The third-order valence-electron chi connectivity index (χ3n) is 5.25. The Morgan fingerprint density at radius 2 is 1.97 bits per heavy atom. The summed E-state index contributed by atoms with van der Waals surface area (Å²) in [6.07, 6.45) is 7.45. The van der Waals surface area contributed by atoms with Crippen LogP contribution in [0.4, 0.5) is 5.69 Å². The number of sulfonamides is 1. The maximum Gasteiger partial charge on any atom is 0.252 e. The lowest BCUT2D eigenvalue weighted by atomic mass is 10.1. The van der Waals surface area contributed by atoms with E-state index in [-0.39, 0.29) is 11.6 Å². The van der Waals surface area contributed by atoms with E-state index in [4.69, 9.17) is 0 Å². The van der Waals surface area contributed by atoms with E-state index in [1.54, 1.807) is 23.9 Å². The number of pyridine rings is 1. The average molecular weight is 428 g/mol. The Kier molecular flexibility index (Phi) is 5.48. The van der Waals surface area contributed by atoms with Crippen molar-refractivity contribution < 1.29 is 8.42 Å². The first-order valence-electron chi connectivity index (χ1n) is 9.78. The molecule has 2 aromatic heterocycles. The molecule has 1 aromatic carbocycles. The Morgan fingerprint density at radius 1 is 1.20 bits per heavy atom. The van der Waals surface area contributed by atoms with Gasteiger partial charge in [-0.05, 0) is 12.0 Å². The van der Waals surface area contributed by atoms with Gasteiger partial charge in [0.15, 0.2) is 0 Å². The number of benzene rings is 1. The highest BCUT2D eigenvalue weighted by Gasteiger charge is 2.27. The molecule has 30 heavy (non-hydrogen) atoms. The van der Waals surface area contributed by atoms with Crippen LogP contribution in [0.25, 0.3) is 11.1 Å². The van der Waals surface area contributed by atoms with Crippen LogP contribution in [-0.4, -0.2) is 48.2 Å². The van der Waals surface area contributed by atoms with Crippen LogP contribution >= 0.6 is 0 Å². The number of aromatic nitrogens is 3. The van der Waals surface area contributed by atoms with Gasteiger partial charge < -0.3 is 9.47 Å². The van der Waals surface area contributed by atoms with Gasteiger partial charge in [-0.3, -0.25) is 9.48 Å². The largest absolute Gasteiger partial charge is 0.369 e. The van der Waals surface area contributed by atoms with E-state index in [0.717, 1.165) is 22.4 Å². The minimum atomic E-state index is -3.27. The van der Waals surface area contributed by atoms with Crippen molar-refractivity contribution in [1.29, 1.82) is 0 Å². The van der Waals surface area contributed by atoms with Crippen molar-refractivity contribution in [3.8, 4) is 11.1 Å². The minimum absolute atomic E-state index is 0.107. The second-order valence-electron chi connectivity index (χ2n) is 7.76. The highest BCUT2D eigenvalue weighted by atomic mass is 32.2. The molecule has 0 spiro atoms. The molecule has 8 nitrogen and oxygen atoms in total. The first-order valence-corrected chi connectivity index (χ1v) is 11.7. The van der Waals surface area contributed by atoms with Crippen LogP contribution < -0.4 is 15.2 Å². The molecule has 0 saturated carbocycles. The van der Waals surface area contributed by atoms with Gasteiger partial charge in [0.05, 0.1) is 24.7 Å². The molecular weight excluding hydrogens is 402 g/mol. The summed E-state index contributed by atoms with van der Waals surface area (Å²) in [6.45, 7) is 1.85. The number of aryl methyl sites for hydroxylation is 1. The first-order chi connectivity index (χ1) is 14.3. The number of anilines is 1. The molecule has 1 saturated heterocycles. The van der Waals surface area contributed by atoms with Gasteiger partial charge >= 0.3 is 0 Å². The first kappa shape index (κ1) is 20.4. The van der Waals surface area contributed by atoms with E-state index in [1.165, 1.54) is 6.26 Å². The van der Waals surface area contributed by atoms with E-state index in [1.807, 2.05) is 35.3 Å². The predicted molar refractivity (Wildman–Crippen MR) is 117 cm³/mol. The molecule has 4 rings (SSSR count). The van der Waals surface area contributed by atoms with Crippen LogP contribution in [0.5, 0.6) is 0 Å². The summed E-state index contributed by atoms with van der Waals surface area (Å²) in [5.41, 5.74) is 3.66. The molecule has 1 fully saturated rings. The number of hydrogen-bond acceptors (Lipinski definition) is 5. The lowest BCUT2D eigenvalue weighted by molar-refractivity contribution is 0.567. The van der Waals surface area contributed by atoms with Crippen molar-refractivity contribution in [1.82, 2.24) is 19.1 Å². The van der Waals surface area contributed by atoms with Crippen molar-refractivity contribution in [3.05, 3.63) is 70.9 Å². The molecule has 158 valence electrons. The second kappa shape index (κ2) is 8.08. The molecule has 0 bridgehead atoms. The fourth-order valence-corrected chi connectivity index (χ4v) is 4.64. The lowest BCUT2D eigenvalue weighted by Crippen LogP contribution is -2.36. The van der Waals surface area contributed by atoms with Gasteiger partial charge in [0.2, 0.25) is 10.0 Å². The molecule has 3 heterocycles. The van der Waals surface area contributed by atoms with Gasteiger partial charge in [0.1, 0.15) is 0 Å². The van der Waals surface area contributed by atoms with Gasteiger partial charge in [-0.15, -0.1) is 0 Å². The fraction of sp³-hybridized carbons (Fsp3) is 0.333. The zero-order valence-corrected chi connectivity index (χ0v) is 17.8. The molecular formula is C21H25N5O3S. The van der Waals surface area contributed by atoms with Crippen LogP contribution in [0.3, 0.4) is 0 Å². The van der Waals surface area contributed by atoms with Crippen LogP contribution in [0.15, 0.2) is 59.8 Å². The van der Waals surface area contributed by atoms with E-state index < -0.39 is 10.0 Å². The van der Waals surface area contributed by atoms with Gasteiger partial charge in [0.25, 0.3) is 5.56 Å². The number of nitrogens with one attached hydrogen (secondary N) is 1. The van der Waals surface area contributed by atoms with Crippen LogP contribution in [0.2, 0.25) is 0 Å². The normalized spacial score (nSPS) is 16.9. The Bertz CT molecular complexity index is 1200. The maximum atomic E-state index is 12.3.